The Morgan fingerprint density at radius 2 is 1.67 bits per heavy atom. The van der Waals surface area contributed by atoms with Crippen LogP contribution in [0.25, 0.3) is 0 Å². The molecule has 2 aliphatic carbocycles. The van der Waals surface area contributed by atoms with Crippen LogP contribution in [-0.4, -0.2) is 19.1 Å². The highest BCUT2D eigenvalue weighted by Crippen LogP contribution is 2.41. The molecule has 3 nitrogen and oxygen atoms in total. The fraction of sp³-hybridized carbons (Fsp3) is 0.667. The lowest BCUT2D eigenvalue weighted by Gasteiger charge is -2.28. The Kier molecular flexibility index (Phi) is 5.11. The molecule has 2 fully saturated rings. The third-order valence-corrected chi connectivity index (χ3v) is 4.83. The van der Waals surface area contributed by atoms with Gasteiger partial charge in [0.25, 0.3) is 0 Å². The summed E-state index contributed by atoms with van der Waals surface area (Å²) in [6, 6.07) is 3.21. The van der Waals surface area contributed by atoms with Crippen LogP contribution in [0.1, 0.15) is 50.5 Å². The molecule has 0 bridgehead atoms. The number of halogens is 3. The van der Waals surface area contributed by atoms with E-state index in [1.807, 2.05) is 0 Å². The van der Waals surface area contributed by atoms with Gasteiger partial charge in [-0.05, 0) is 57.1 Å². The lowest BCUT2D eigenvalue weighted by atomic mass is 9.96. The van der Waals surface area contributed by atoms with Gasteiger partial charge >= 0.3 is 6.36 Å². The molecule has 0 saturated heterocycles. The molecule has 0 aromatic heterocycles. The highest BCUT2D eigenvalue weighted by atomic mass is 19.4. The first-order chi connectivity index (χ1) is 11.4. The van der Waals surface area contributed by atoms with E-state index in [4.69, 9.17) is 9.47 Å². The van der Waals surface area contributed by atoms with Gasteiger partial charge in [0.1, 0.15) is 5.75 Å². The Hall–Kier alpha value is -1.59. The number of benzene rings is 1. The molecule has 2 saturated carbocycles. The van der Waals surface area contributed by atoms with Gasteiger partial charge in [-0.2, -0.15) is 0 Å². The van der Waals surface area contributed by atoms with E-state index in [-0.39, 0.29) is 17.6 Å². The van der Waals surface area contributed by atoms with Crippen LogP contribution in [-0.2, 0) is 0 Å². The van der Waals surface area contributed by atoms with Crippen LogP contribution in [0.3, 0.4) is 0 Å². The van der Waals surface area contributed by atoms with Gasteiger partial charge in [-0.25, -0.2) is 0 Å². The first kappa shape index (κ1) is 17.2. The predicted octanol–water partition coefficient (Wildman–Crippen LogP) is 5.39. The minimum absolute atomic E-state index is 0.0905. The summed E-state index contributed by atoms with van der Waals surface area (Å²) in [6.07, 6.45) is 2.76. The van der Waals surface area contributed by atoms with E-state index in [9.17, 15) is 13.2 Å². The Balaban J connectivity index is 1.78. The van der Waals surface area contributed by atoms with Crippen molar-refractivity contribution >= 4 is 0 Å². The maximum absolute atomic E-state index is 12.8. The van der Waals surface area contributed by atoms with Crippen LogP contribution < -0.4 is 14.2 Å². The second-order valence-corrected chi connectivity index (χ2v) is 6.70. The van der Waals surface area contributed by atoms with Crippen LogP contribution in [0.4, 0.5) is 13.2 Å². The van der Waals surface area contributed by atoms with Gasteiger partial charge in [0.05, 0.1) is 12.7 Å². The zero-order valence-electron chi connectivity index (χ0n) is 13.8. The fourth-order valence-corrected chi connectivity index (χ4v) is 3.19. The minimum atomic E-state index is -4.76. The van der Waals surface area contributed by atoms with E-state index in [1.165, 1.54) is 6.07 Å². The van der Waals surface area contributed by atoms with Gasteiger partial charge in [0.15, 0.2) is 11.5 Å². The molecule has 0 amide bonds. The zero-order valence-corrected chi connectivity index (χ0v) is 13.8. The van der Waals surface area contributed by atoms with Crippen molar-refractivity contribution in [3.8, 4) is 17.2 Å². The van der Waals surface area contributed by atoms with Gasteiger partial charge in [-0.1, -0.05) is 12.8 Å². The first-order valence-electron chi connectivity index (χ1n) is 8.61. The smallest absolute Gasteiger partial charge is 0.490 e. The number of hydrogen-bond donors (Lipinski definition) is 0. The number of ether oxygens (including phenoxy) is 3. The molecular weight excluding hydrogens is 321 g/mol. The summed E-state index contributed by atoms with van der Waals surface area (Å²) in [5.41, 5.74) is 0.336. The number of rotatable bonds is 6. The van der Waals surface area contributed by atoms with Crippen molar-refractivity contribution in [1.82, 2.24) is 0 Å². The number of hydrogen-bond acceptors (Lipinski definition) is 3. The summed E-state index contributed by atoms with van der Waals surface area (Å²) in [5, 5.41) is 0. The van der Waals surface area contributed by atoms with Gasteiger partial charge in [0, 0.05) is 5.56 Å². The standard InChI is InChI=1S/C18H23F3O3/c1-12-15(23-14-7-4-8-14)9-10-16(17(12)24-18(19,20)21)22-11-13-5-2-3-6-13/h9-10,13-14H,2-8,11H2,1H3. The van der Waals surface area contributed by atoms with Gasteiger partial charge in [-0.3, -0.25) is 0 Å². The molecular formula is C18H23F3O3. The average Bonchev–Trinajstić information content (AvgIpc) is 2.97. The summed E-state index contributed by atoms with van der Waals surface area (Å²) in [4.78, 5) is 0. The fourth-order valence-electron chi connectivity index (χ4n) is 3.19. The van der Waals surface area contributed by atoms with Crippen molar-refractivity contribution in [2.75, 3.05) is 6.61 Å². The largest absolute Gasteiger partial charge is 0.573 e. The Labute approximate surface area is 140 Å². The van der Waals surface area contributed by atoms with Crippen LogP contribution in [0, 0.1) is 12.8 Å². The summed E-state index contributed by atoms with van der Waals surface area (Å²) in [7, 11) is 0. The van der Waals surface area contributed by atoms with Crippen molar-refractivity contribution in [1.29, 1.82) is 0 Å². The molecule has 24 heavy (non-hydrogen) atoms. The highest BCUT2D eigenvalue weighted by Gasteiger charge is 2.34. The van der Waals surface area contributed by atoms with E-state index in [0.717, 1.165) is 44.9 Å². The molecule has 0 heterocycles. The van der Waals surface area contributed by atoms with Crippen molar-refractivity contribution in [2.45, 2.75) is 64.3 Å². The normalized spacial score (nSPS) is 19.2. The van der Waals surface area contributed by atoms with Crippen LogP contribution in [0.5, 0.6) is 17.2 Å². The molecule has 0 unspecified atom stereocenters. The summed E-state index contributed by atoms with van der Waals surface area (Å²) < 4.78 is 54.1. The second-order valence-electron chi connectivity index (χ2n) is 6.70. The number of alkyl halides is 3. The van der Waals surface area contributed by atoms with Crippen molar-refractivity contribution in [3.05, 3.63) is 17.7 Å². The molecule has 0 N–H and O–H groups in total. The maximum atomic E-state index is 12.8. The van der Waals surface area contributed by atoms with Crippen LogP contribution in [0.15, 0.2) is 12.1 Å². The van der Waals surface area contributed by atoms with E-state index < -0.39 is 6.36 Å². The average molecular weight is 344 g/mol. The van der Waals surface area contributed by atoms with Crippen molar-refractivity contribution in [2.24, 2.45) is 5.92 Å². The topological polar surface area (TPSA) is 27.7 Å². The quantitative estimate of drug-likeness (QED) is 0.692. The molecule has 3 rings (SSSR count). The van der Waals surface area contributed by atoms with E-state index >= 15 is 0 Å². The predicted molar refractivity (Wildman–Crippen MR) is 83.6 cm³/mol. The molecule has 0 aliphatic heterocycles. The van der Waals surface area contributed by atoms with Gasteiger partial charge in [0.2, 0.25) is 0 Å². The Morgan fingerprint density at radius 1 is 1.00 bits per heavy atom. The van der Waals surface area contributed by atoms with E-state index in [2.05, 4.69) is 4.74 Å². The van der Waals surface area contributed by atoms with Crippen LogP contribution in [0.2, 0.25) is 0 Å². The SMILES string of the molecule is Cc1c(OC2CCC2)ccc(OCC2CCCC2)c1OC(F)(F)F. The summed E-state index contributed by atoms with van der Waals surface area (Å²) >= 11 is 0. The van der Waals surface area contributed by atoms with Crippen molar-refractivity contribution < 1.29 is 27.4 Å². The maximum Gasteiger partial charge on any atom is 0.573 e. The second kappa shape index (κ2) is 7.11. The Bertz CT molecular complexity index is 561. The Morgan fingerprint density at radius 3 is 2.25 bits per heavy atom. The van der Waals surface area contributed by atoms with Crippen molar-refractivity contribution in [3.63, 3.8) is 0 Å². The molecule has 134 valence electrons. The molecule has 1 aromatic rings. The third-order valence-electron chi connectivity index (χ3n) is 4.83. The summed E-state index contributed by atoms with van der Waals surface area (Å²) in [6.45, 7) is 2.01. The van der Waals surface area contributed by atoms with E-state index in [0.29, 0.717) is 23.8 Å². The molecule has 0 atom stereocenters. The molecule has 2 aliphatic rings. The third kappa shape index (κ3) is 4.28. The first-order valence-corrected chi connectivity index (χ1v) is 8.61. The monoisotopic (exact) mass is 344 g/mol. The van der Waals surface area contributed by atoms with Gasteiger partial charge < -0.3 is 14.2 Å². The minimum Gasteiger partial charge on any atom is -0.490 e. The lowest BCUT2D eigenvalue weighted by Crippen LogP contribution is -2.25. The highest BCUT2D eigenvalue weighted by molar-refractivity contribution is 5.53. The summed E-state index contributed by atoms with van der Waals surface area (Å²) in [5.74, 6) is 0.706. The van der Waals surface area contributed by atoms with Crippen LogP contribution >= 0.6 is 0 Å². The van der Waals surface area contributed by atoms with E-state index in [1.54, 1.807) is 13.0 Å². The molecule has 6 heteroatoms. The molecule has 1 aromatic carbocycles. The van der Waals surface area contributed by atoms with Gasteiger partial charge in [-0.15, -0.1) is 13.2 Å². The lowest BCUT2D eigenvalue weighted by molar-refractivity contribution is -0.275. The zero-order chi connectivity index (χ0) is 17.2. The molecule has 0 radical (unpaired) electrons. The molecule has 0 spiro atoms.